The maximum atomic E-state index is 12.5. The van der Waals surface area contributed by atoms with Crippen LogP contribution in [0.3, 0.4) is 0 Å². The molecule has 0 radical (unpaired) electrons. The van der Waals surface area contributed by atoms with E-state index in [1.54, 1.807) is 12.1 Å². The van der Waals surface area contributed by atoms with Gasteiger partial charge < -0.3 is 20.4 Å². The molecule has 25 heavy (non-hydrogen) atoms. The molecular weight excluding hydrogens is 344 g/mol. The Balaban J connectivity index is 0.00000225. The second-order valence-electron chi connectivity index (χ2n) is 6.03. The van der Waals surface area contributed by atoms with Crippen molar-refractivity contribution in [2.24, 2.45) is 0 Å². The molecule has 1 aromatic rings. The Morgan fingerprint density at radius 3 is 2.64 bits per heavy atom. The average molecular weight is 367 g/mol. The second-order valence-corrected chi connectivity index (χ2v) is 6.03. The Morgan fingerprint density at radius 1 is 1.04 bits per heavy atom. The Morgan fingerprint density at radius 2 is 1.80 bits per heavy atom. The van der Waals surface area contributed by atoms with Gasteiger partial charge in [0.1, 0.15) is 6.54 Å². The van der Waals surface area contributed by atoms with Crippen LogP contribution >= 0.6 is 12.4 Å². The van der Waals surface area contributed by atoms with Crippen LogP contribution in [0.25, 0.3) is 0 Å². The molecule has 2 N–H and O–H groups in total. The van der Waals surface area contributed by atoms with E-state index in [-0.39, 0.29) is 49.5 Å². The highest BCUT2D eigenvalue weighted by Crippen LogP contribution is 2.29. The standard InChI is InChI=1S/C17H22N4O3.ClH/c22-15-12-21(14-5-2-1-4-13(14)19-15)17(24)7-6-16(23)20-10-3-8-18-9-11-20;/h1-2,4-5,18H,3,6-12H2,(H,19,22);1H. The summed E-state index contributed by atoms with van der Waals surface area (Å²) in [6.07, 6.45) is 1.23. The molecule has 7 nitrogen and oxygen atoms in total. The lowest BCUT2D eigenvalue weighted by Gasteiger charge is -2.29. The normalized spacial score (nSPS) is 17.0. The van der Waals surface area contributed by atoms with E-state index in [9.17, 15) is 14.4 Å². The first-order valence-electron chi connectivity index (χ1n) is 8.33. The summed E-state index contributed by atoms with van der Waals surface area (Å²) in [6, 6.07) is 7.20. The topological polar surface area (TPSA) is 81.8 Å². The molecule has 3 amide bonds. The minimum atomic E-state index is -0.216. The van der Waals surface area contributed by atoms with Gasteiger partial charge in [-0.15, -0.1) is 12.4 Å². The van der Waals surface area contributed by atoms with E-state index in [4.69, 9.17) is 0 Å². The molecule has 0 aromatic heterocycles. The van der Waals surface area contributed by atoms with E-state index in [0.29, 0.717) is 17.9 Å². The SMILES string of the molecule is Cl.O=C1CN(C(=O)CCC(=O)N2CCCNCC2)c2ccccc2N1. The minimum absolute atomic E-state index is 0. The molecule has 1 saturated heterocycles. The zero-order valence-electron chi connectivity index (χ0n) is 14.0. The number of hydrogen-bond acceptors (Lipinski definition) is 4. The number of halogens is 1. The third-order valence-electron chi connectivity index (χ3n) is 4.32. The number of nitrogens with zero attached hydrogens (tertiary/aromatic N) is 2. The number of amides is 3. The zero-order valence-corrected chi connectivity index (χ0v) is 14.8. The number of hydrogen-bond donors (Lipinski definition) is 2. The molecule has 2 heterocycles. The Labute approximate surface area is 153 Å². The van der Waals surface area contributed by atoms with E-state index >= 15 is 0 Å². The van der Waals surface area contributed by atoms with Crippen LogP contribution in [0.1, 0.15) is 19.3 Å². The highest BCUT2D eigenvalue weighted by molar-refractivity contribution is 6.10. The average Bonchev–Trinajstić information content (AvgIpc) is 2.88. The fraction of sp³-hybridized carbons (Fsp3) is 0.471. The van der Waals surface area contributed by atoms with Crippen LogP contribution < -0.4 is 15.5 Å². The van der Waals surface area contributed by atoms with Crippen molar-refractivity contribution in [1.29, 1.82) is 0 Å². The molecule has 0 unspecified atom stereocenters. The lowest BCUT2D eigenvalue weighted by Crippen LogP contribution is -2.42. The second kappa shape index (κ2) is 8.82. The monoisotopic (exact) mass is 366 g/mol. The summed E-state index contributed by atoms with van der Waals surface area (Å²) in [5.74, 6) is -0.410. The largest absolute Gasteiger partial charge is 0.341 e. The van der Waals surface area contributed by atoms with E-state index in [1.165, 1.54) is 4.90 Å². The number of benzene rings is 1. The first-order chi connectivity index (χ1) is 11.6. The van der Waals surface area contributed by atoms with Crippen molar-refractivity contribution in [3.8, 4) is 0 Å². The number of anilines is 2. The third kappa shape index (κ3) is 4.70. The molecule has 0 aliphatic carbocycles. The predicted octanol–water partition coefficient (Wildman–Crippen LogP) is 0.996. The molecule has 0 atom stereocenters. The van der Waals surface area contributed by atoms with Gasteiger partial charge in [0.2, 0.25) is 17.7 Å². The fourth-order valence-corrected chi connectivity index (χ4v) is 3.06. The van der Waals surface area contributed by atoms with Crippen LogP contribution in [0.5, 0.6) is 0 Å². The lowest BCUT2D eigenvalue weighted by atomic mass is 10.1. The van der Waals surface area contributed by atoms with Crippen LogP contribution in [0.2, 0.25) is 0 Å². The molecule has 0 bridgehead atoms. The summed E-state index contributed by atoms with van der Waals surface area (Å²) in [5.41, 5.74) is 1.32. The number of nitrogens with one attached hydrogen (secondary N) is 2. The van der Waals surface area contributed by atoms with Gasteiger partial charge in [-0.25, -0.2) is 0 Å². The third-order valence-corrected chi connectivity index (χ3v) is 4.32. The van der Waals surface area contributed by atoms with E-state index in [1.807, 2.05) is 17.0 Å². The Hall–Kier alpha value is -2.12. The Kier molecular flexibility index (Phi) is 6.78. The maximum Gasteiger partial charge on any atom is 0.244 e. The number of para-hydroxylation sites is 2. The van der Waals surface area contributed by atoms with Gasteiger partial charge in [-0.2, -0.15) is 0 Å². The molecule has 2 aliphatic heterocycles. The number of carbonyl (C=O) groups excluding carboxylic acids is 3. The molecule has 3 rings (SSSR count). The van der Waals surface area contributed by atoms with Gasteiger partial charge in [0.15, 0.2) is 0 Å². The minimum Gasteiger partial charge on any atom is -0.341 e. The van der Waals surface area contributed by atoms with Crippen LogP contribution in [0.15, 0.2) is 24.3 Å². The van der Waals surface area contributed by atoms with Gasteiger partial charge in [0.25, 0.3) is 0 Å². The highest BCUT2D eigenvalue weighted by atomic mass is 35.5. The molecule has 2 aliphatic rings. The van der Waals surface area contributed by atoms with Gasteiger partial charge in [0, 0.05) is 32.5 Å². The van der Waals surface area contributed by atoms with Crippen LogP contribution in [0, 0.1) is 0 Å². The molecule has 1 aromatic carbocycles. The van der Waals surface area contributed by atoms with Crippen molar-refractivity contribution in [3.63, 3.8) is 0 Å². The van der Waals surface area contributed by atoms with E-state index < -0.39 is 0 Å². The first-order valence-corrected chi connectivity index (χ1v) is 8.33. The summed E-state index contributed by atoms with van der Waals surface area (Å²) < 4.78 is 0. The molecule has 0 spiro atoms. The lowest BCUT2D eigenvalue weighted by molar-refractivity contribution is -0.133. The summed E-state index contributed by atoms with van der Waals surface area (Å²) in [5, 5.41) is 6.00. The van der Waals surface area contributed by atoms with E-state index in [2.05, 4.69) is 10.6 Å². The molecular formula is C17H23ClN4O3. The van der Waals surface area contributed by atoms with Crippen LogP contribution in [0.4, 0.5) is 11.4 Å². The smallest absolute Gasteiger partial charge is 0.244 e. The highest BCUT2D eigenvalue weighted by Gasteiger charge is 2.27. The Bertz CT molecular complexity index is 645. The predicted molar refractivity (Wildman–Crippen MR) is 98.0 cm³/mol. The van der Waals surface area contributed by atoms with Crippen molar-refractivity contribution < 1.29 is 14.4 Å². The molecule has 136 valence electrons. The molecule has 0 saturated carbocycles. The number of carbonyl (C=O) groups is 3. The van der Waals surface area contributed by atoms with Crippen molar-refractivity contribution in [3.05, 3.63) is 24.3 Å². The zero-order chi connectivity index (χ0) is 16.9. The number of rotatable bonds is 3. The van der Waals surface area contributed by atoms with Gasteiger partial charge in [0.05, 0.1) is 11.4 Å². The van der Waals surface area contributed by atoms with Gasteiger partial charge >= 0.3 is 0 Å². The van der Waals surface area contributed by atoms with Crippen LogP contribution in [-0.4, -0.2) is 55.3 Å². The van der Waals surface area contributed by atoms with Gasteiger partial charge in [-0.3, -0.25) is 14.4 Å². The van der Waals surface area contributed by atoms with Gasteiger partial charge in [-0.05, 0) is 25.1 Å². The van der Waals surface area contributed by atoms with Crippen molar-refractivity contribution >= 4 is 41.5 Å². The van der Waals surface area contributed by atoms with E-state index in [0.717, 1.165) is 26.1 Å². The van der Waals surface area contributed by atoms with Crippen LogP contribution in [-0.2, 0) is 14.4 Å². The first kappa shape index (κ1) is 19.2. The summed E-state index contributed by atoms with van der Waals surface area (Å²) >= 11 is 0. The quantitative estimate of drug-likeness (QED) is 0.836. The molecule has 1 fully saturated rings. The summed E-state index contributed by atoms with van der Waals surface area (Å²) in [6.45, 7) is 3.12. The summed E-state index contributed by atoms with van der Waals surface area (Å²) in [7, 11) is 0. The van der Waals surface area contributed by atoms with Crippen molar-refractivity contribution in [2.75, 3.05) is 42.9 Å². The summed E-state index contributed by atoms with van der Waals surface area (Å²) in [4.78, 5) is 39.9. The fourth-order valence-electron chi connectivity index (χ4n) is 3.06. The van der Waals surface area contributed by atoms with Crippen molar-refractivity contribution in [2.45, 2.75) is 19.3 Å². The van der Waals surface area contributed by atoms with Crippen molar-refractivity contribution in [1.82, 2.24) is 10.2 Å². The number of fused-ring (bicyclic) bond motifs is 1. The molecule has 8 heteroatoms. The van der Waals surface area contributed by atoms with Gasteiger partial charge in [-0.1, -0.05) is 12.1 Å². The maximum absolute atomic E-state index is 12.5.